The number of hydrogen-bond donors (Lipinski definition) is 2. The predicted molar refractivity (Wildman–Crippen MR) is 135 cm³/mol. The van der Waals surface area contributed by atoms with Gasteiger partial charge in [-0.05, 0) is 43.2 Å². The first-order valence-corrected chi connectivity index (χ1v) is 12.2. The van der Waals surface area contributed by atoms with Crippen molar-refractivity contribution in [2.45, 2.75) is 31.8 Å². The molecule has 4 rings (SSSR count). The van der Waals surface area contributed by atoms with Gasteiger partial charge in [0.25, 0.3) is 5.56 Å². The number of methoxy groups -OCH3 is 1. The highest BCUT2D eigenvalue weighted by Crippen LogP contribution is 2.27. The van der Waals surface area contributed by atoms with Gasteiger partial charge >= 0.3 is 6.03 Å². The molecule has 2 N–H and O–H groups in total. The van der Waals surface area contributed by atoms with Crippen LogP contribution >= 0.6 is 11.8 Å². The minimum atomic E-state index is -0.527. The van der Waals surface area contributed by atoms with Crippen molar-refractivity contribution in [3.8, 4) is 11.4 Å². The molecule has 3 amide bonds. The Morgan fingerprint density at radius 2 is 1.94 bits per heavy atom. The Bertz CT molecular complexity index is 1460. The topological polar surface area (TPSA) is 120 Å². The van der Waals surface area contributed by atoms with E-state index in [-0.39, 0.29) is 17.1 Å². The first-order valence-electron chi connectivity index (χ1n) is 11.2. The van der Waals surface area contributed by atoms with Crippen molar-refractivity contribution < 1.29 is 14.3 Å². The number of nitrogens with one attached hydrogen (secondary N) is 2. The fourth-order valence-electron chi connectivity index (χ4n) is 3.68. The second-order valence-corrected chi connectivity index (χ2v) is 8.84. The molecular formula is C24H26N6O4S. The molecule has 2 aromatic carbocycles. The number of nitrogens with zero attached hydrogens (tertiary/aromatic N) is 4. The van der Waals surface area contributed by atoms with Crippen molar-refractivity contribution in [2.75, 3.05) is 19.4 Å². The van der Waals surface area contributed by atoms with Crippen LogP contribution in [0, 0.1) is 6.92 Å². The number of ether oxygens (including phenoxy) is 1. The van der Waals surface area contributed by atoms with Gasteiger partial charge in [-0.1, -0.05) is 43.3 Å². The molecule has 0 aliphatic rings. The van der Waals surface area contributed by atoms with Crippen LogP contribution in [0.2, 0.25) is 0 Å². The number of rotatable bonds is 8. The van der Waals surface area contributed by atoms with Crippen LogP contribution in [0.1, 0.15) is 25.3 Å². The fraction of sp³-hybridized carbons (Fsp3) is 0.292. The smallest absolute Gasteiger partial charge is 0.321 e. The number of amides is 3. The number of benzene rings is 2. The van der Waals surface area contributed by atoms with Gasteiger partial charge in [-0.15, -0.1) is 10.2 Å². The number of urea groups is 1. The zero-order valence-corrected chi connectivity index (χ0v) is 20.5. The SMILES string of the molecule is CCCCNC(=O)NC(=O)CSc1nnc2n(-c3cc(C)ccc3OC)c(=O)c3ccccc3n12. The van der Waals surface area contributed by atoms with Crippen LogP contribution < -0.4 is 20.9 Å². The maximum absolute atomic E-state index is 13.5. The highest BCUT2D eigenvalue weighted by Gasteiger charge is 2.21. The molecule has 0 saturated heterocycles. The van der Waals surface area contributed by atoms with Crippen LogP contribution in [0.3, 0.4) is 0 Å². The van der Waals surface area contributed by atoms with Crippen LogP contribution in [0.15, 0.2) is 52.4 Å². The third kappa shape index (κ3) is 4.99. The molecule has 0 unspecified atom stereocenters. The molecule has 0 radical (unpaired) electrons. The zero-order chi connectivity index (χ0) is 24.9. The van der Waals surface area contributed by atoms with Crippen molar-refractivity contribution >= 4 is 40.4 Å². The molecule has 182 valence electrons. The Kier molecular flexibility index (Phi) is 7.35. The van der Waals surface area contributed by atoms with E-state index >= 15 is 0 Å². The molecular weight excluding hydrogens is 468 g/mol. The Balaban J connectivity index is 1.73. The first kappa shape index (κ1) is 24.3. The summed E-state index contributed by atoms with van der Waals surface area (Å²) in [6, 6.07) is 12.2. The van der Waals surface area contributed by atoms with Crippen LogP contribution in [-0.4, -0.2) is 50.5 Å². The number of thioether (sulfide) groups is 1. The van der Waals surface area contributed by atoms with Gasteiger partial charge in [0.2, 0.25) is 11.7 Å². The van der Waals surface area contributed by atoms with Gasteiger partial charge in [-0.25, -0.2) is 9.36 Å². The molecule has 2 aromatic heterocycles. The van der Waals surface area contributed by atoms with Crippen LogP contribution in [0.5, 0.6) is 5.75 Å². The minimum Gasteiger partial charge on any atom is -0.495 e. The van der Waals surface area contributed by atoms with E-state index in [0.717, 1.165) is 30.2 Å². The standard InChI is InChI=1S/C24H26N6O4S/c1-4-5-12-25-22(33)26-20(31)14-35-24-28-27-23-29(18-13-15(2)10-11-19(18)34-3)21(32)16-8-6-7-9-17(16)30(23)24/h6-11,13H,4-5,12,14H2,1-3H3,(H2,25,26,31,33). The summed E-state index contributed by atoms with van der Waals surface area (Å²) in [4.78, 5) is 37.7. The molecule has 4 aromatic rings. The Hall–Kier alpha value is -3.86. The lowest BCUT2D eigenvalue weighted by Gasteiger charge is -2.14. The lowest BCUT2D eigenvalue weighted by molar-refractivity contribution is -0.117. The van der Waals surface area contributed by atoms with E-state index in [1.807, 2.05) is 32.0 Å². The molecule has 0 atom stereocenters. The molecule has 10 nitrogen and oxygen atoms in total. The normalized spacial score (nSPS) is 11.1. The molecule has 0 saturated carbocycles. The number of fused-ring (bicyclic) bond motifs is 3. The van der Waals surface area contributed by atoms with E-state index in [4.69, 9.17) is 4.74 Å². The van der Waals surface area contributed by atoms with Crippen molar-refractivity contribution in [3.05, 3.63) is 58.4 Å². The first-order chi connectivity index (χ1) is 16.9. The van der Waals surface area contributed by atoms with E-state index in [0.29, 0.717) is 34.0 Å². The number of aromatic nitrogens is 4. The molecule has 0 aliphatic heterocycles. The summed E-state index contributed by atoms with van der Waals surface area (Å²) in [6.07, 6.45) is 1.78. The number of carbonyl (C=O) groups is 2. The number of carbonyl (C=O) groups excluding carboxylic acids is 2. The van der Waals surface area contributed by atoms with E-state index in [1.54, 1.807) is 35.8 Å². The van der Waals surface area contributed by atoms with Gasteiger partial charge in [-0.2, -0.15) is 0 Å². The number of imide groups is 1. The van der Waals surface area contributed by atoms with Gasteiger partial charge in [0.1, 0.15) is 5.75 Å². The van der Waals surface area contributed by atoms with Crippen molar-refractivity contribution in [1.82, 2.24) is 29.8 Å². The quantitative estimate of drug-likeness (QED) is 0.285. The monoisotopic (exact) mass is 494 g/mol. The Morgan fingerprint density at radius 3 is 2.71 bits per heavy atom. The van der Waals surface area contributed by atoms with Crippen molar-refractivity contribution in [3.63, 3.8) is 0 Å². The average Bonchev–Trinajstić information content (AvgIpc) is 3.27. The summed E-state index contributed by atoms with van der Waals surface area (Å²) >= 11 is 1.12. The third-order valence-corrected chi connectivity index (χ3v) is 6.30. The summed E-state index contributed by atoms with van der Waals surface area (Å²) in [5, 5.41) is 14.4. The van der Waals surface area contributed by atoms with E-state index in [2.05, 4.69) is 20.8 Å². The fourth-order valence-corrected chi connectivity index (χ4v) is 4.42. The summed E-state index contributed by atoms with van der Waals surface area (Å²) in [5.74, 6) is 0.292. The van der Waals surface area contributed by atoms with Crippen molar-refractivity contribution in [1.29, 1.82) is 0 Å². The van der Waals surface area contributed by atoms with Crippen LogP contribution in [-0.2, 0) is 4.79 Å². The summed E-state index contributed by atoms with van der Waals surface area (Å²) in [5.41, 5.74) is 1.84. The number of para-hydroxylation sites is 1. The predicted octanol–water partition coefficient (Wildman–Crippen LogP) is 3.07. The molecule has 35 heavy (non-hydrogen) atoms. The maximum atomic E-state index is 13.5. The average molecular weight is 495 g/mol. The van der Waals surface area contributed by atoms with Crippen LogP contribution in [0.25, 0.3) is 22.4 Å². The Morgan fingerprint density at radius 1 is 1.14 bits per heavy atom. The number of aryl methyl sites for hydroxylation is 1. The van der Waals surface area contributed by atoms with Gasteiger partial charge < -0.3 is 10.1 Å². The van der Waals surface area contributed by atoms with E-state index in [9.17, 15) is 14.4 Å². The summed E-state index contributed by atoms with van der Waals surface area (Å²) in [6.45, 7) is 4.44. The van der Waals surface area contributed by atoms with Crippen LogP contribution in [0.4, 0.5) is 4.79 Å². The molecule has 11 heteroatoms. The van der Waals surface area contributed by atoms with E-state index in [1.165, 1.54) is 4.57 Å². The lowest BCUT2D eigenvalue weighted by Crippen LogP contribution is -2.40. The molecule has 0 bridgehead atoms. The number of hydrogen-bond acceptors (Lipinski definition) is 7. The van der Waals surface area contributed by atoms with E-state index < -0.39 is 11.9 Å². The number of unbranched alkanes of at least 4 members (excludes halogenated alkanes) is 1. The highest BCUT2D eigenvalue weighted by atomic mass is 32.2. The van der Waals surface area contributed by atoms with Crippen molar-refractivity contribution in [2.24, 2.45) is 0 Å². The summed E-state index contributed by atoms with van der Waals surface area (Å²) in [7, 11) is 1.54. The van der Waals surface area contributed by atoms with Gasteiger partial charge in [-0.3, -0.25) is 19.3 Å². The third-order valence-electron chi connectivity index (χ3n) is 5.37. The second kappa shape index (κ2) is 10.6. The second-order valence-electron chi connectivity index (χ2n) is 7.90. The van der Waals surface area contributed by atoms with Gasteiger partial charge in [0.15, 0.2) is 5.16 Å². The Labute approximate surface area is 205 Å². The maximum Gasteiger partial charge on any atom is 0.321 e. The molecule has 0 spiro atoms. The molecule has 2 heterocycles. The highest BCUT2D eigenvalue weighted by molar-refractivity contribution is 7.99. The zero-order valence-electron chi connectivity index (χ0n) is 19.7. The summed E-state index contributed by atoms with van der Waals surface area (Å²) < 4.78 is 8.71. The minimum absolute atomic E-state index is 0.0524. The largest absolute Gasteiger partial charge is 0.495 e. The van der Waals surface area contributed by atoms with Gasteiger partial charge in [0.05, 0.1) is 29.5 Å². The lowest BCUT2D eigenvalue weighted by atomic mass is 10.2. The van der Waals surface area contributed by atoms with Gasteiger partial charge in [0, 0.05) is 6.54 Å². The molecule has 0 aliphatic carbocycles. The molecule has 0 fully saturated rings.